The lowest BCUT2D eigenvalue weighted by Crippen LogP contribution is -2.28. The van der Waals surface area contributed by atoms with Crippen LogP contribution in [0.4, 0.5) is 0 Å². The van der Waals surface area contributed by atoms with Crippen LogP contribution in [0.2, 0.25) is 0 Å². The summed E-state index contributed by atoms with van der Waals surface area (Å²) in [5.41, 5.74) is -0.0531. The smallest absolute Gasteiger partial charge is 0.267 e. The highest BCUT2D eigenvalue weighted by molar-refractivity contribution is 6.20. The third-order valence-electron chi connectivity index (χ3n) is 2.10. The number of aromatic nitrogens is 1. The summed E-state index contributed by atoms with van der Waals surface area (Å²) >= 11 is 5.90. The lowest BCUT2D eigenvalue weighted by Gasteiger charge is -2.09. The van der Waals surface area contributed by atoms with Crippen molar-refractivity contribution in [3.8, 4) is 0 Å². The van der Waals surface area contributed by atoms with E-state index in [1.165, 1.54) is 12.1 Å². The predicted molar refractivity (Wildman–Crippen MR) is 65.5 cm³/mol. The number of carbonyl (C=O) groups is 1. The van der Waals surface area contributed by atoms with E-state index in [9.17, 15) is 9.59 Å². The number of nitrogens with one attached hydrogen (secondary N) is 2. The number of pyridine rings is 1. The molecule has 0 radical (unpaired) electrons. The lowest BCUT2D eigenvalue weighted by atomic mass is 10.3. The van der Waals surface area contributed by atoms with Gasteiger partial charge in [-0.3, -0.25) is 9.59 Å². The highest BCUT2D eigenvalue weighted by Crippen LogP contribution is 2.01. The molecular formula is C11H15ClN2O3. The third-order valence-corrected chi connectivity index (χ3v) is 2.45. The van der Waals surface area contributed by atoms with Gasteiger partial charge in [-0.2, -0.15) is 0 Å². The number of carbonyl (C=O) groups excluding carboxylic acids is 1. The van der Waals surface area contributed by atoms with E-state index < -0.39 is 0 Å². The minimum Gasteiger partial charge on any atom is -0.383 e. The average Bonchev–Trinajstić information content (AvgIpc) is 2.29. The number of methoxy groups -OCH3 is 1. The van der Waals surface area contributed by atoms with Gasteiger partial charge in [-0.1, -0.05) is 6.07 Å². The molecule has 0 aliphatic heterocycles. The third kappa shape index (κ3) is 5.01. The van der Waals surface area contributed by atoms with E-state index in [0.29, 0.717) is 19.6 Å². The Bertz CT molecular complexity index is 419. The van der Waals surface area contributed by atoms with Crippen molar-refractivity contribution in [2.45, 2.75) is 11.8 Å². The summed E-state index contributed by atoms with van der Waals surface area (Å²) in [6.07, 6.45) is 0.609. The molecule has 2 N–H and O–H groups in total. The molecule has 17 heavy (non-hydrogen) atoms. The van der Waals surface area contributed by atoms with Crippen LogP contribution in [0.1, 0.15) is 16.9 Å². The number of alkyl halides is 1. The van der Waals surface area contributed by atoms with E-state index >= 15 is 0 Å². The SMILES string of the molecule is COCC(Cl)CCNC(=O)c1cccc(=O)[nH]1. The van der Waals surface area contributed by atoms with Gasteiger partial charge in [-0.05, 0) is 12.5 Å². The van der Waals surface area contributed by atoms with E-state index in [2.05, 4.69) is 10.3 Å². The zero-order chi connectivity index (χ0) is 12.7. The van der Waals surface area contributed by atoms with Gasteiger partial charge >= 0.3 is 0 Å². The first-order valence-corrected chi connectivity index (χ1v) is 5.67. The maximum atomic E-state index is 11.6. The Balaban J connectivity index is 2.38. The number of halogens is 1. The summed E-state index contributed by atoms with van der Waals surface area (Å²) in [7, 11) is 1.57. The molecule has 0 bridgehead atoms. The minimum atomic E-state index is -0.316. The summed E-state index contributed by atoms with van der Waals surface area (Å²) in [6, 6.07) is 4.43. The van der Waals surface area contributed by atoms with Crippen molar-refractivity contribution >= 4 is 17.5 Å². The van der Waals surface area contributed by atoms with Crippen LogP contribution >= 0.6 is 11.6 Å². The number of aromatic amines is 1. The molecule has 0 aromatic carbocycles. The van der Waals surface area contributed by atoms with Crippen LogP contribution in [0.25, 0.3) is 0 Å². The summed E-state index contributed by atoms with van der Waals surface area (Å²) in [5.74, 6) is -0.316. The molecule has 6 heteroatoms. The van der Waals surface area contributed by atoms with Crippen molar-refractivity contribution in [3.63, 3.8) is 0 Å². The standard InChI is InChI=1S/C11H15ClN2O3/c1-17-7-8(12)5-6-13-11(16)9-3-2-4-10(15)14-9/h2-4,8H,5-7H2,1H3,(H,13,16)(H,14,15). The lowest BCUT2D eigenvalue weighted by molar-refractivity contribution is 0.0946. The van der Waals surface area contributed by atoms with Gasteiger partial charge in [0.15, 0.2) is 0 Å². The fourth-order valence-electron chi connectivity index (χ4n) is 1.28. The van der Waals surface area contributed by atoms with Crippen molar-refractivity contribution in [2.75, 3.05) is 20.3 Å². The molecule has 0 spiro atoms. The molecule has 1 amide bonds. The molecular weight excluding hydrogens is 244 g/mol. The van der Waals surface area contributed by atoms with Gasteiger partial charge < -0.3 is 15.0 Å². The molecule has 0 saturated carbocycles. The Morgan fingerprint density at radius 2 is 2.35 bits per heavy atom. The molecule has 1 aromatic rings. The Labute approximate surface area is 104 Å². The van der Waals surface area contributed by atoms with Crippen LogP contribution in [-0.2, 0) is 4.74 Å². The molecule has 1 unspecified atom stereocenters. The summed E-state index contributed by atoms with van der Waals surface area (Å²) in [4.78, 5) is 25.0. The summed E-state index contributed by atoms with van der Waals surface area (Å²) in [6.45, 7) is 0.882. The van der Waals surface area contributed by atoms with Crippen LogP contribution in [0.5, 0.6) is 0 Å². The average molecular weight is 259 g/mol. The van der Waals surface area contributed by atoms with Crippen LogP contribution < -0.4 is 10.9 Å². The van der Waals surface area contributed by atoms with Gasteiger partial charge in [0.2, 0.25) is 5.56 Å². The van der Waals surface area contributed by atoms with Gasteiger partial charge in [0, 0.05) is 19.7 Å². The maximum Gasteiger partial charge on any atom is 0.267 e. The first-order chi connectivity index (χ1) is 8.13. The Hall–Kier alpha value is -1.33. The Kier molecular flexibility index (Phi) is 5.72. The van der Waals surface area contributed by atoms with E-state index in [4.69, 9.17) is 16.3 Å². The number of amides is 1. The second-order valence-corrected chi connectivity index (χ2v) is 4.14. The summed E-state index contributed by atoms with van der Waals surface area (Å²) in [5, 5.41) is 2.54. The zero-order valence-electron chi connectivity index (χ0n) is 9.53. The largest absolute Gasteiger partial charge is 0.383 e. The van der Waals surface area contributed by atoms with E-state index in [1.807, 2.05) is 0 Å². The number of H-pyrrole nitrogens is 1. The molecule has 1 aromatic heterocycles. The van der Waals surface area contributed by atoms with Crippen molar-refractivity contribution in [3.05, 3.63) is 34.2 Å². The van der Waals surface area contributed by atoms with Gasteiger partial charge in [0.1, 0.15) is 5.69 Å². The molecule has 5 nitrogen and oxygen atoms in total. The molecule has 1 atom stereocenters. The number of hydrogen-bond donors (Lipinski definition) is 2. The summed E-state index contributed by atoms with van der Waals surface area (Å²) < 4.78 is 4.87. The van der Waals surface area contributed by atoms with E-state index in [1.54, 1.807) is 13.2 Å². The molecule has 1 rings (SSSR count). The maximum absolute atomic E-state index is 11.6. The fraction of sp³-hybridized carbons (Fsp3) is 0.455. The second kappa shape index (κ2) is 7.09. The Morgan fingerprint density at radius 3 is 3.00 bits per heavy atom. The van der Waals surface area contributed by atoms with Crippen LogP contribution in [0.3, 0.4) is 0 Å². The fourth-order valence-corrected chi connectivity index (χ4v) is 1.52. The van der Waals surface area contributed by atoms with Gasteiger partial charge in [0.25, 0.3) is 5.91 Å². The van der Waals surface area contributed by atoms with Crippen LogP contribution in [-0.4, -0.2) is 36.5 Å². The highest BCUT2D eigenvalue weighted by Gasteiger charge is 2.07. The molecule has 0 aliphatic carbocycles. The predicted octanol–water partition coefficient (Wildman–Crippen LogP) is 0.749. The second-order valence-electron chi connectivity index (χ2n) is 3.53. The quantitative estimate of drug-likeness (QED) is 0.740. The molecule has 0 saturated heterocycles. The number of hydrogen-bond acceptors (Lipinski definition) is 3. The van der Waals surface area contributed by atoms with Gasteiger partial charge in [-0.25, -0.2) is 0 Å². The van der Waals surface area contributed by atoms with E-state index in [-0.39, 0.29) is 22.5 Å². The van der Waals surface area contributed by atoms with E-state index in [0.717, 1.165) is 0 Å². The van der Waals surface area contributed by atoms with Crippen LogP contribution in [0.15, 0.2) is 23.0 Å². The first-order valence-electron chi connectivity index (χ1n) is 5.24. The molecule has 1 heterocycles. The van der Waals surface area contributed by atoms with Gasteiger partial charge in [-0.15, -0.1) is 11.6 Å². The monoisotopic (exact) mass is 258 g/mol. The highest BCUT2D eigenvalue weighted by atomic mass is 35.5. The number of rotatable bonds is 6. The van der Waals surface area contributed by atoms with Gasteiger partial charge in [0.05, 0.1) is 12.0 Å². The molecule has 0 fully saturated rings. The van der Waals surface area contributed by atoms with Crippen molar-refractivity contribution in [1.82, 2.24) is 10.3 Å². The molecule has 94 valence electrons. The molecule has 0 aliphatic rings. The number of ether oxygens (including phenoxy) is 1. The minimum absolute atomic E-state index is 0.130. The van der Waals surface area contributed by atoms with Crippen molar-refractivity contribution < 1.29 is 9.53 Å². The van der Waals surface area contributed by atoms with Crippen LogP contribution in [0, 0.1) is 0 Å². The zero-order valence-corrected chi connectivity index (χ0v) is 10.3. The first kappa shape index (κ1) is 13.7. The van der Waals surface area contributed by atoms with Crippen molar-refractivity contribution in [1.29, 1.82) is 0 Å². The topological polar surface area (TPSA) is 71.2 Å². The van der Waals surface area contributed by atoms with Crippen molar-refractivity contribution in [2.24, 2.45) is 0 Å². The Morgan fingerprint density at radius 1 is 1.59 bits per heavy atom. The normalized spacial score (nSPS) is 12.1.